The van der Waals surface area contributed by atoms with Crippen LogP contribution in [0.15, 0.2) is 24.3 Å². The summed E-state index contributed by atoms with van der Waals surface area (Å²) in [4.78, 5) is 13.3. The Labute approximate surface area is 95.7 Å². The smallest absolute Gasteiger partial charge is 0.337 e. The molecule has 0 atom stereocenters. The molecule has 1 fully saturated rings. The Morgan fingerprint density at radius 2 is 2.06 bits per heavy atom. The van der Waals surface area contributed by atoms with Gasteiger partial charge < -0.3 is 10.0 Å². The molecule has 86 valence electrons. The van der Waals surface area contributed by atoms with Crippen LogP contribution < -0.4 is 4.90 Å². The topological polar surface area (TPSA) is 40.5 Å². The number of carboxylic acid groups (broad SMARTS) is 1. The van der Waals surface area contributed by atoms with E-state index in [1.165, 1.54) is 0 Å². The van der Waals surface area contributed by atoms with Gasteiger partial charge in [-0.3, -0.25) is 0 Å². The van der Waals surface area contributed by atoms with E-state index in [-0.39, 0.29) is 5.41 Å². The first-order chi connectivity index (χ1) is 7.49. The molecule has 0 amide bonds. The number of hydrogen-bond acceptors (Lipinski definition) is 2. The molecular weight excluding hydrogens is 202 g/mol. The van der Waals surface area contributed by atoms with E-state index in [0.29, 0.717) is 5.56 Å². The highest BCUT2D eigenvalue weighted by atomic mass is 16.4. The lowest BCUT2D eigenvalue weighted by Crippen LogP contribution is -2.24. The van der Waals surface area contributed by atoms with E-state index >= 15 is 0 Å². The maximum absolute atomic E-state index is 11.1. The number of rotatable bonds is 2. The summed E-state index contributed by atoms with van der Waals surface area (Å²) in [6, 6.07) is 7.23. The quantitative estimate of drug-likeness (QED) is 0.831. The molecule has 1 aliphatic rings. The van der Waals surface area contributed by atoms with E-state index in [4.69, 9.17) is 5.11 Å². The van der Waals surface area contributed by atoms with Crippen LogP contribution in [0, 0.1) is 5.41 Å². The molecule has 0 radical (unpaired) electrons. The fourth-order valence-electron chi connectivity index (χ4n) is 2.25. The molecule has 1 aromatic rings. The van der Waals surface area contributed by atoms with E-state index in [1.54, 1.807) is 12.1 Å². The van der Waals surface area contributed by atoms with E-state index in [1.807, 2.05) is 12.1 Å². The van der Waals surface area contributed by atoms with Crippen LogP contribution in [0.2, 0.25) is 0 Å². The molecule has 16 heavy (non-hydrogen) atoms. The molecule has 0 bridgehead atoms. The standard InChI is InChI=1S/C13H17NO2/c1-13(2)7-8-14(9-13)11-6-4-3-5-10(11)12(15)16/h3-6H,7-9H2,1-2H3,(H,15,16). The van der Waals surface area contributed by atoms with Gasteiger partial charge in [0.2, 0.25) is 0 Å². The molecule has 3 heteroatoms. The molecule has 1 aliphatic heterocycles. The first-order valence-electron chi connectivity index (χ1n) is 5.57. The van der Waals surface area contributed by atoms with Crippen molar-refractivity contribution in [3.63, 3.8) is 0 Å². The van der Waals surface area contributed by atoms with Crippen LogP contribution in [0.5, 0.6) is 0 Å². The summed E-state index contributed by atoms with van der Waals surface area (Å²) in [6.07, 6.45) is 1.11. The number of carboxylic acids is 1. The number of para-hydroxylation sites is 1. The minimum atomic E-state index is -0.847. The average molecular weight is 219 g/mol. The summed E-state index contributed by atoms with van der Waals surface area (Å²) in [5, 5.41) is 9.13. The van der Waals surface area contributed by atoms with Gasteiger partial charge in [-0.15, -0.1) is 0 Å². The fourth-order valence-corrected chi connectivity index (χ4v) is 2.25. The third-order valence-electron chi connectivity index (χ3n) is 3.15. The van der Waals surface area contributed by atoms with Crippen molar-refractivity contribution in [2.45, 2.75) is 20.3 Å². The predicted molar refractivity (Wildman–Crippen MR) is 64.0 cm³/mol. The van der Waals surface area contributed by atoms with Gasteiger partial charge in [0.25, 0.3) is 0 Å². The number of hydrogen-bond donors (Lipinski definition) is 1. The van der Waals surface area contributed by atoms with Crippen molar-refractivity contribution in [3.05, 3.63) is 29.8 Å². The second kappa shape index (κ2) is 3.81. The van der Waals surface area contributed by atoms with Gasteiger partial charge in [0.05, 0.1) is 11.3 Å². The van der Waals surface area contributed by atoms with Crippen molar-refractivity contribution in [1.82, 2.24) is 0 Å². The molecule has 0 aromatic heterocycles. The third kappa shape index (κ3) is 2.03. The monoisotopic (exact) mass is 219 g/mol. The lowest BCUT2D eigenvalue weighted by molar-refractivity contribution is 0.0697. The fraction of sp³-hybridized carbons (Fsp3) is 0.462. The summed E-state index contributed by atoms with van der Waals surface area (Å²) < 4.78 is 0. The summed E-state index contributed by atoms with van der Waals surface area (Å²) >= 11 is 0. The van der Waals surface area contributed by atoms with Crippen molar-refractivity contribution in [2.75, 3.05) is 18.0 Å². The Morgan fingerprint density at radius 3 is 2.62 bits per heavy atom. The van der Waals surface area contributed by atoms with Crippen LogP contribution in [0.25, 0.3) is 0 Å². The molecule has 0 saturated carbocycles. The number of carbonyl (C=O) groups is 1. The van der Waals surface area contributed by atoms with Gasteiger partial charge in [-0.05, 0) is 24.0 Å². The molecule has 0 aliphatic carbocycles. The highest BCUT2D eigenvalue weighted by Crippen LogP contribution is 2.33. The van der Waals surface area contributed by atoms with Crippen LogP contribution >= 0.6 is 0 Å². The zero-order valence-corrected chi connectivity index (χ0v) is 9.73. The molecule has 0 spiro atoms. The Morgan fingerprint density at radius 1 is 1.38 bits per heavy atom. The van der Waals surface area contributed by atoms with Crippen LogP contribution in [0.4, 0.5) is 5.69 Å². The number of nitrogens with zero attached hydrogens (tertiary/aromatic N) is 1. The lowest BCUT2D eigenvalue weighted by atomic mass is 9.93. The van der Waals surface area contributed by atoms with E-state index < -0.39 is 5.97 Å². The highest BCUT2D eigenvalue weighted by molar-refractivity contribution is 5.94. The van der Waals surface area contributed by atoms with Gasteiger partial charge in [0.1, 0.15) is 0 Å². The Hall–Kier alpha value is -1.51. The van der Waals surface area contributed by atoms with Crippen LogP contribution in [0.3, 0.4) is 0 Å². The summed E-state index contributed by atoms with van der Waals surface area (Å²) in [7, 11) is 0. The van der Waals surface area contributed by atoms with Crippen molar-refractivity contribution in [2.24, 2.45) is 5.41 Å². The maximum atomic E-state index is 11.1. The molecule has 0 unspecified atom stereocenters. The van der Waals surface area contributed by atoms with E-state index in [2.05, 4.69) is 18.7 Å². The lowest BCUT2D eigenvalue weighted by Gasteiger charge is -2.22. The van der Waals surface area contributed by atoms with Gasteiger partial charge in [-0.2, -0.15) is 0 Å². The SMILES string of the molecule is CC1(C)CCN(c2ccccc2C(=O)O)C1. The normalized spacial score (nSPS) is 18.8. The number of aromatic carboxylic acids is 1. The molecule has 3 nitrogen and oxygen atoms in total. The van der Waals surface area contributed by atoms with Crippen LogP contribution in [-0.2, 0) is 0 Å². The Balaban J connectivity index is 2.31. The summed E-state index contributed by atoms with van der Waals surface area (Å²) in [6.45, 7) is 6.31. The molecule has 2 rings (SSSR count). The van der Waals surface area contributed by atoms with E-state index in [9.17, 15) is 4.79 Å². The zero-order valence-electron chi connectivity index (χ0n) is 9.73. The van der Waals surface area contributed by atoms with Gasteiger partial charge in [0.15, 0.2) is 0 Å². The van der Waals surface area contributed by atoms with Gasteiger partial charge in [-0.1, -0.05) is 26.0 Å². The summed E-state index contributed by atoms with van der Waals surface area (Å²) in [5.41, 5.74) is 1.53. The van der Waals surface area contributed by atoms with Gasteiger partial charge in [-0.25, -0.2) is 4.79 Å². The number of anilines is 1. The van der Waals surface area contributed by atoms with Gasteiger partial charge >= 0.3 is 5.97 Å². The van der Waals surface area contributed by atoms with Crippen molar-refractivity contribution in [3.8, 4) is 0 Å². The minimum Gasteiger partial charge on any atom is -0.478 e. The van der Waals surface area contributed by atoms with Gasteiger partial charge in [0, 0.05) is 13.1 Å². The molecule has 1 aromatic carbocycles. The number of benzene rings is 1. The first kappa shape index (κ1) is 11.0. The van der Waals surface area contributed by atoms with Crippen molar-refractivity contribution < 1.29 is 9.90 Å². The Kier molecular flexibility index (Phi) is 2.62. The van der Waals surface area contributed by atoms with Crippen LogP contribution in [-0.4, -0.2) is 24.2 Å². The molecule has 1 N–H and O–H groups in total. The average Bonchev–Trinajstić information content (AvgIpc) is 2.59. The molecule has 1 heterocycles. The Bertz CT molecular complexity index is 412. The first-order valence-corrected chi connectivity index (χ1v) is 5.57. The second-order valence-electron chi connectivity index (χ2n) is 5.16. The largest absolute Gasteiger partial charge is 0.478 e. The van der Waals surface area contributed by atoms with Crippen molar-refractivity contribution in [1.29, 1.82) is 0 Å². The maximum Gasteiger partial charge on any atom is 0.337 e. The molecular formula is C13H17NO2. The second-order valence-corrected chi connectivity index (χ2v) is 5.16. The van der Waals surface area contributed by atoms with Crippen LogP contribution in [0.1, 0.15) is 30.6 Å². The van der Waals surface area contributed by atoms with Crippen molar-refractivity contribution >= 4 is 11.7 Å². The van der Waals surface area contributed by atoms with E-state index in [0.717, 1.165) is 25.2 Å². The third-order valence-corrected chi connectivity index (χ3v) is 3.15. The molecule has 1 saturated heterocycles. The summed E-state index contributed by atoms with van der Waals surface area (Å²) in [5.74, 6) is -0.847. The predicted octanol–water partition coefficient (Wildman–Crippen LogP) is 2.62. The zero-order chi connectivity index (χ0) is 11.8. The highest BCUT2D eigenvalue weighted by Gasteiger charge is 2.30. The minimum absolute atomic E-state index is 0.283.